The molecule has 0 amide bonds. The molecule has 1 N–H and O–H groups in total. The molecule has 0 aromatic heterocycles. The van der Waals surface area contributed by atoms with E-state index in [-0.39, 0.29) is 0 Å². The predicted molar refractivity (Wildman–Crippen MR) is 64.3 cm³/mol. The molecule has 0 fully saturated rings. The Morgan fingerprint density at radius 3 is 2.33 bits per heavy atom. The first-order valence-electron chi connectivity index (χ1n) is 6.23. The SMILES string of the molecule is CCCCOCCOCC(CC)NCC. The van der Waals surface area contributed by atoms with E-state index in [2.05, 4.69) is 26.1 Å². The van der Waals surface area contributed by atoms with Crippen molar-refractivity contribution in [2.75, 3.05) is 33.0 Å². The maximum atomic E-state index is 5.53. The highest BCUT2D eigenvalue weighted by molar-refractivity contribution is 4.61. The lowest BCUT2D eigenvalue weighted by molar-refractivity contribution is 0.0380. The molecule has 1 unspecified atom stereocenters. The van der Waals surface area contributed by atoms with E-state index in [0.29, 0.717) is 12.6 Å². The molecule has 0 aliphatic rings. The number of hydrogen-bond donors (Lipinski definition) is 1. The Morgan fingerprint density at radius 1 is 1.00 bits per heavy atom. The number of unbranched alkanes of at least 4 members (excludes halogenated alkanes) is 1. The Kier molecular flexibility index (Phi) is 11.9. The van der Waals surface area contributed by atoms with Gasteiger partial charge in [0.05, 0.1) is 19.8 Å². The fourth-order valence-corrected chi connectivity index (χ4v) is 1.30. The zero-order valence-corrected chi connectivity index (χ0v) is 10.6. The van der Waals surface area contributed by atoms with E-state index < -0.39 is 0 Å². The topological polar surface area (TPSA) is 30.5 Å². The minimum atomic E-state index is 0.491. The molecule has 0 radical (unpaired) electrons. The number of ether oxygens (including phenoxy) is 2. The highest BCUT2D eigenvalue weighted by Gasteiger charge is 2.03. The fraction of sp³-hybridized carbons (Fsp3) is 1.00. The monoisotopic (exact) mass is 217 g/mol. The summed E-state index contributed by atoms with van der Waals surface area (Å²) < 4.78 is 10.9. The van der Waals surface area contributed by atoms with Gasteiger partial charge in [-0.3, -0.25) is 0 Å². The summed E-state index contributed by atoms with van der Waals surface area (Å²) in [5.74, 6) is 0. The summed E-state index contributed by atoms with van der Waals surface area (Å²) in [6.07, 6.45) is 3.46. The van der Waals surface area contributed by atoms with Crippen molar-refractivity contribution in [1.82, 2.24) is 5.32 Å². The highest BCUT2D eigenvalue weighted by Crippen LogP contribution is 1.92. The minimum Gasteiger partial charge on any atom is -0.379 e. The van der Waals surface area contributed by atoms with E-state index in [9.17, 15) is 0 Å². The van der Waals surface area contributed by atoms with Crippen molar-refractivity contribution in [1.29, 1.82) is 0 Å². The van der Waals surface area contributed by atoms with Crippen molar-refractivity contribution in [2.45, 2.75) is 46.1 Å². The molecule has 0 aromatic carbocycles. The molecular weight excluding hydrogens is 190 g/mol. The van der Waals surface area contributed by atoms with E-state index in [1.54, 1.807) is 0 Å². The molecule has 15 heavy (non-hydrogen) atoms. The van der Waals surface area contributed by atoms with Gasteiger partial charge in [-0.05, 0) is 19.4 Å². The summed E-state index contributed by atoms with van der Waals surface area (Å²) in [6, 6.07) is 0.491. The third kappa shape index (κ3) is 10.2. The quantitative estimate of drug-likeness (QED) is 0.538. The summed E-state index contributed by atoms with van der Waals surface area (Å²) in [6.45, 7) is 10.6. The van der Waals surface area contributed by atoms with Gasteiger partial charge in [-0.15, -0.1) is 0 Å². The Labute approximate surface area is 94.5 Å². The zero-order chi connectivity index (χ0) is 11.4. The molecule has 0 heterocycles. The molecule has 92 valence electrons. The molecule has 3 heteroatoms. The average Bonchev–Trinajstić information content (AvgIpc) is 2.26. The molecule has 0 aromatic rings. The van der Waals surface area contributed by atoms with E-state index in [4.69, 9.17) is 9.47 Å². The van der Waals surface area contributed by atoms with E-state index in [1.807, 2.05) is 0 Å². The van der Waals surface area contributed by atoms with Crippen LogP contribution >= 0.6 is 0 Å². The lowest BCUT2D eigenvalue weighted by Gasteiger charge is -2.15. The van der Waals surface area contributed by atoms with E-state index in [0.717, 1.165) is 39.2 Å². The molecular formula is C12H27NO2. The van der Waals surface area contributed by atoms with Crippen molar-refractivity contribution < 1.29 is 9.47 Å². The van der Waals surface area contributed by atoms with Gasteiger partial charge >= 0.3 is 0 Å². The molecule has 0 rings (SSSR count). The summed E-state index contributed by atoms with van der Waals surface area (Å²) in [5.41, 5.74) is 0. The molecule has 0 saturated carbocycles. The van der Waals surface area contributed by atoms with E-state index in [1.165, 1.54) is 6.42 Å². The average molecular weight is 217 g/mol. The Balaban J connectivity index is 3.14. The molecule has 0 bridgehead atoms. The van der Waals surface area contributed by atoms with Gasteiger partial charge in [0.15, 0.2) is 0 Å². The van der Waals surface area contributed by atoms with Crippen LogP contribution in [0.3, 0.4) is 0 Å². The van der Waals surface area contributed by atoms with Crippen molar-refractivity contribution in [3.8, 4) is 0 Å². The van der Waals surface area contributed by atoms with Crippen LogP contribution in [-0.2, 0) is 9.47 Å². The maximum Gasteiger partial charge on any atom is 0.0701 e. The molecule has 0 saturated heterocycles. The summed E-state index contributed by atoms with van der Waals surface area (Å²) in [4.78, 5) is 0. The Bertz CT molecular complexity index is 120. The lowest BCUT2D eigenvalue weighted by Crippen LogP contribution is -2.33. The zero-order valence-electron chi connectivity index (χ0n) is 10.6. The second kappa shape index (κ2) is 12.0. The van der Waals surface area contributed by atoms with Crippen LogP contribution in [0.2, 0.25) is 0 Å². The Hall–Kier alpha value is -0.120. The van der Waals surface area contributed by atoms with Crippen molar-refractivity contribution >= 4 is 0 Å². The predicted octanol–water partition coefficient (Wildman–Crippen LogP) is 2.21. The van der Waals surface area contributed by atoms with Gasteiger partial charge in [0.1, 0.15) is 0 Å². The smallest absolute Gasteiger partial charge is 0.0701 e. The molecule has 0 aliphatic heterocycles. The van der Waals surface area contributed by atoms with Crippen LogP contribution in [0.25, 0.3) is 0 Å². The van der Waals surface area contributed by atoms with Gasteiger partial charge < -0.3 is 14.8 Å². The minimum absolute atomic E-state index is 0.491. The van der Waals surface area contributed by atoms with E-state index >= 15 is 0 Å². The lowest BCUT2D eigenvalue weighted by atomic mass is 10.2. The number of nitrogens with one attached hydrogen (secondary N) is 1. The third-order valence-electron chi connectivity index (χ3n) is 2.32. The van der Waals surface area contributed by atoms with Crippen LogP contribution in [0.5, 0.6) is 0 Å². The number of hydrogen-bond acceptors (Lipinski definition) is 3. The van der Waals surface area contributed by atoms with Crippen LogP contribution in [0.4, 0.5) is 0 Å². The number of rotatable bonds is 11. The van der Waals surface area contributed by atoms with Gasteiger partial charge in [-0.2, -0.15) is 0 Å². The van der Waals surface area contributed by atoms with Gasteiger partial charge in [0, 0.05) is 12.6 Å². The number of likely N-dealkylation sites (N-methyl/N-ethyl adjacent to an activating group) is 1. The van der Waals surface area contributed by atoms with Crippen LogP contribution < -0.4 is 5.32 Å². The van der Waals surface area contributed by atoms with Crippen molar-refractivity contribution in [3.63, 3.8) is 0 Å². The normalized spacial score (nSPS) is 13.0. The van der Waals surface area contributed by atoms with Gasteiger partial charge in [-0.1, -0.05) is 27.2 Å². The van der Waals surface area contributed by atoms with Crippen LogP contribution in [0, 0.1) is 0 Å². The third-order valence-corrected chi connectivity index (χ3v) is 2.32. The summed E-state index contributed by atoms with van der Waals surface area (Å²) >= 11 is 0. The maximum absolute atomic E-state index is 5.53. The second-order valence-electron chi connectivity index (χ2n) is 3.70. The van der Waals surface area contributed by atoms with Crippen molar-refractivity contribution in [3.05, 3.63) is 0 Å². The van der Waals surface area contributed by atoms with Crippen molar-refractivity contribution in [2.24, 2.45) is 0 Å². The molecule has 0 spiro atoms. The first kappa shape index (κ1) is 14.9. The first-order valence-corrected chi connectivity index (χ1v) is 6.23. The van der Waals surface area contributed by atoms with Crippen LogP contribution in [0.1, 0.15) is 40.0 Å². The molecule has 0 aliphatic carbocycles. The molecule has 3 nitrogen and oxygen atoms in total. The van der Waals surface area contributed by atoms with Crippen LogP contribution in [-0.4, -0.2) is 39.0 Å². The van der Waals surface area contributed by atoms with Gasteiger partial charge in [-0.25, -0.2) is 0 Å². The summed E-state index contributed by atoms with van der Waals surface area (Å²) in [5, 5.41) is 3.38. The van der Waals surface area contributed by atoms with Gasteiger partial charge in [0.2, 0.25) is 0 Å². The Morgan fingerprint density at radius 2 is 1.73 bits per heavy atom. The fourth-order valence-electron chi connectivity index (χ4n) is 1.30. The van der Waals surface area contributed by atoms with Crippen LogP contribution in [0.15, 0.2) is 0 Å². The first-order chi connectivity index (χ1) is 7.35. The highest BCUT2D eigenvalue weighted by atomic mass is 16.5. The van der Waals surface area contributed by atoms with Gasteiger partial charge in [0.25, 0.3) is 0 Å². The second-order valence-corrected chi connectivity index (χ2v) is 3.70. The standard InChI is InChI=1S/C12H27NO2/c1-4-7-8-14-9-10-15-11-12(5-2)13-6-3/h12-13H,4-11H2,1-3H3. The molecule has 1 atom stereocenters. The summed E-state index contributed by atoms with van der Waals surface area (Å²) in [7, 11) is 0. The largest absolute Gasteiger partial charge is 0.379 e.